The third-order valence-electron chi connectivity index (χ3n) is 4.32. The van der Waals surface area contributed by atoms with Gasteiger partial charge in [-0.3, -0.25) is 0 Å². The van der Waals surface area contributed by atoms with Crippen LogP contribution in [0.25, 0.3) is 0 Å². The minimum Gasteiger partial charge on any atom is -0.503 e. The molecule has 2 N–H and O–H groups in total. The molecule has 4 nitrogen and oxygen atoms in total. The van der Waals surface area contributed by atoms with Crippen molar-refractivity contribution in [3.05, 3.63) is 22.2 Å². The Hall–Kier alpha value is -0.780. The number of methoxy groups -OCH3 is 1. The lowest BCUT2D eigenvalue weighted by Gasteiger charge is -2.47. The number of halogens is 1. The smallest absolute Gasteiger partial charge is 0.172 e. The summed E-state index contributed by atoms with van der Waals surface area (Å²) in [7, 11) is 5.87. The fourth-order valence-electron chi connectivity index (χ4n) is 2.69. The van der Waals surface area contributed by atoms with E-state index in [1.165, 1.54) is 19.3 Å². The van der Waals surface area contributed by atoms with Gasteiger partial charge in [0.2, 0.25) is 0 Å². The number of nitrogens with zero attached hydrogens (tertiary/aromatic N) is 1. The van der Waals surface area contributed by atoms with E-state index in [1.54, 1.807) is 7.11 Å². The Morgan fingerprint density at radius 2 is 2.10 bits per heavy atom. The molecule has 1 fully saturated rings. The van der Waals surface area contributed by atoms with E-state index in [0.29, 0.717) is 15.8 Å². The van der Waals surface area contributed by atoms with E-state index in [9.17, 15) is 5.11 Å². The fourth-order valence-corrected chi connectivity index (χ4v) is 3.18. The third kappa shape index (κ3) is 3.10. The topological polar surface area (TPSA) is 44.7 Å². The molecule has 0 atom stereocenters. The molecule has 5 heteroatoms. The zero-order chi connectivity index (χ0) is 14.8. The zero-order valence-corrected chi connectivity index (χ0v) is 14.0. The first-order valence-electron chi connectivity index (χ1n) is 6.92. The second kappa shape index (κ2) is 6.33. The predicted octanol–water partition coefficient (Wildman–Crippen LogP) is 2.74. The number of nitrogens with one attached hydrogen (secondary N) is 1. The number of phenols is 1. The fraction of sp³-hybridized carbons (Fsp3) is 0.600. The highest BCUT2D eigenvalue weighted by Crippen LogP contribution is 2.36. The van der Waals surface area contributed by atoms with Gasteiger partial charge in [-0.2, -0.15) is 0 Å². The van der Waals surface area contributed by atoms with Crippen LogP contribution in [0.1, 0.15) is 24.8 Å². The maximum absolute atomic E-state index is 9.80. The van der Waals surface area contributed by atoms with Gasteiger partial charge in [0.1, 0.15) is 0 Å². The number of likely N-dealkylation sites (N-methyl/N-ethyl adjacent to an activating group) is 1. The van der Waals surface area contributed by atoms with E-state index in [2.05, 4.69) is 40.2 Å². The van der Waals surface area contributed by atoms with Crippen LogP contribution in [0.15, 0.2) is 16.6 Å². The number of ether oxygens (including phenoxy) is 1. The van der Waals surface area contributed by atoms with Crippen LogP contribution in [0.5, 0.6) is 11.5 Å². The Bertz CT molecular complexity index is 473. The molecular formula is C15H23BrN2O2. The average molecular weight is 343 g/mol. The van der Waals surface area contributed by atoms with Crippen molar-refractivity contribution < 1.29 is 9.84 Å². The Morgan fingerprint density at radius 1 is 1.40 bits per heavy atom. The van der Waals surface area contributed by atoms with Gasteiger partial charge in [-0.15, -0.1) is 0 Å². The van der Waals surface area contributed by atoms with Gasteiger partial charge in [0.15, 0.2) is 11.5 Å². The van der Waals surface area contributed by atoms with Crippen LogP contribution < -0.4 is 10.1 Å². The molecule has 0 bridgehead atoms. The molecule has 1 aromatic rings. The van der Waals surface area contributed by atoms with Crippen molar-refractivity contribution in [1.29, 1.82) is 0 Å². The SMILES string of the molecule is COc1cc(CNCC2(N(C)C)CCC2)cc(Br)c1O. The summed E-state index contributed by atoms with van der Waals surface area (Å²) in [5.41, 5.74) is 1.41. The molecule has 0 unspecified atom stereocenters. The molecule has 112 valence electrons. The first-order valence-corrected chi connectivity index (χ1v) is 7.71. The molecule has 0 aromatic heterocycles. The van der Waals surface area contributed by atoms with Crippen LogP contribution in [0, 0.1) is 0 Å². The van der Waals surface area contributed by atoms with Crippen LogP contribution in [-0.2, 0) is 6.54 Å². The zero-order valence-electron chi connectivity index (χ0n) is 12.4. The van der Waals surface area contributed by atoms with E-state index < -0.39 is 0 Å². The highest BCUT2D eigenvalue weighted by Gasteiger charge is 2.38. The summed E-state index contributed by atoms with van der Waals surface area (Å²) in [4.78, 5) is 2.33. The Kier molecular flexibility index (Phi) is 4.94. The number of hydrogen-bond donors (Lipinski definition) is 2. The first-order chi connectivity index (χ1) is 9.48. The van der Waals surface area contributed by atoms with Crippen molar-refractivity contribution in [2.24, 2.45) is 0 Å². The van der Waals surface area contributed by atoms with Gasteiger partial charge in [-0.25, -0.2) is 0 Å². The van der Waals surface area contributed by atoms with Gasteiger partial charge in [-0.1, -0.05) is 0 Å². The molecule has 0 heterocycles. The van der Waals surface area contributed by atoms with Crippen LogP contribution in [0.2, 0.25) is 0 Å². The van der Waals surface area contributed by atoms with Crippen molar-refractivity contribution in [3.63, 3.8) is 0 Å². The van der Waals surface area contributed by atoms with Gasteiger partial charge in [0.25, 0.3) is 0 Å². The minimum atomic E-state index is 0.153. The van der Waals surface area contributed by atoms with Gasteiger partial charge in [0, 0.05) is 18.6 Å². The monoisotopic (exact) mass is 342 g/mol. The molecule has 20 heavy (non-hydrogen) atoms. The average Bonchev–Trinajstić information content (AvgIpc) is 2.36. The lowest BCUT2D eigenvalue weighted by Crippen LogP contribution is -2.56. The van der Waals surface area contributed by atoms with E-state index in [4.69, 9.17) is 4.74 Å². The van der Waals surface area contributed by atoms with Crippen LogP contribution in [0.3, 0.4) is 0 Å². The lowest BCUT2D eigenvalue weighted by molar-refractivity contribution is 0.0598. The summed E-state index contributed by atoms with van der Waals surface area (Å²) >= 11 is 3.35. The number of phenolic OH excluding ortho intramolecular Hbond substituents is 1. The highest BCUT2D eigenvalue weighted by molar-refractivity contribution is 9.10. The number of hydrogen-bond acceptors (Lipinski definition) is 4. The number of aromatic hydroxyl groups is 1. The maximum Gasteiger partial charge on any atom is 0.172 e. The molecule has 0 radical (unpaired) electrons. The molecule has 0 spiro atoms. The van der Waals surface area contributed by atoms with Crippen LogP contribution in [0.4, 0.5) is 0 Å². The second-order valence-corrected chi connectivity index (χ2v) is 6.56. The molecule has 2 rings (SSSR count). The highest BCUT2D eigenvalue weighted by atomic mass is 79.9. The van der Waals surface area contributed by atoms with E-state index in [0.717, 1.165) is 18.7 Å². The third-order valence-corrected chi connectivity index (χ3v) is 4.93. The van der Waals surface area contributed by atoms with Crippen molar-refractivity contribution in [2.75, 3.05) is 27.7 Å². The van der Waals surface area contributed by atoms with Gasteiger partial charge < -0.3 is 20.1 Å². The Morgan fingerprint density at radius 3 is 2.60 bits per heavy atom. The molecule has 1 aliphatic rings. The van der Waals surface area contributed by atoms with Crippen LogP contribution in [-0.4, -0.2) is 43.3 Å². The predicted molar refractivity (Wildman–Crippen MR) is 84.3 cm³/mol. The van der Waals surface area contributed by atoms with E-state index in [-0.39, 0.29) is 5.75 Å². The normalized spacial score (nSPS) is 17.1. The van der Waals surface area contributed by atoms with Gasteiger partial charge >= 0.3 is 0 Å². The lowest BCUT2D eigenvalue weighted by atomic mass is 9.75. The minimum absolute atomic E-state index is 0.153. The quantitative estimate of drug-likeness (QED) is 0.834. The largest absolute Gasteiger partial charge is 0.503 e. The molecule has 1 saturated carbocycles. The van der Waals surface area contributed by atoms with E-state index in [1.807, 2.05) is 12.1 Å². The van der Waals surface area contributed by atoms with Crippen LogP contribution >= 0.6 is 15.9 Å². The Balaban J connectivity index is 1.96. The van der Waals surface area contributed by atoms with Gasteiger partial charge in [-0.05, 0) is 67.0 Å². The summed E-state index contributed by atoms with van der Waals surface area (Å²) in [6, 6.07) is 3.80. The maximum atomic E-state index is 9.80. The molecular weight excluding hydrogens is 320 g/mol. The number of benzene rings is 1. The Labute approximate surface area is 129 Å². The molecule has 0 aliphatic heterocycles. The molecule has 1 aromatic carbocycles. The van der Waals surface area contributed by atoms with Gasteiger partial charge in [0.05, 0.1) is 11.6 Å². The standard InChI is InChI=1S/C15H23BrN2O2/c1-18(2)15(5-4-6-15)10-17-9-11-7-12(16)14(19)13(8-11)20-3/h7-8,17,19H,4-6,9-10H2,1-3H3. The van der Waals surface area contributed by atoms with E-state index >= 15 is 0 Å². The summed E-state index contributed by atoms with van der Waals surface area (Å²) in [5.74, 6) is 0.655. The molecule has 0 saturated heterocycles. The van der Waals surface area contributed by atoms with Crippen molar-refractivity contribution in [2.45, 2.75) is 31.3 Å². The molecule has 0 amide bonds. The summed E-state index contributed by atoms with van der Waals surface area (Å²) in [5, 5.41) is 13.3. The summed E-state index contributed by atoms with van der Waals surface area (Å²) in [6.45, 7) is 1.76. The summed E-state index contributed by atoms with van der Waals surface area (Å²) in [6.07, 6.45) is 3.84. The van der Waals surface area contributed by atoms with Crippen molar-refractivity contribution >= 4 is 15.9 Å². The second-order valence-electron chi connectivity index (χ2n) is 5.70. The number of rotatable bonds is 6. The first kappa shape index (κ1) is 15.6. The summed E-state index contributed by atoms with van der Waals surface area (Å²) < 4.78 is 5.83. The molecule has 1 aliphatic carbocycles. The van der Waals surface area contributed by atoms with Crippen molar-refractivity contribution in [3.8, 4) is 11.5 Å². The van der Waals surface area contributed by atoms with Crippen molar-refractivity contribution in [1.82, 2.24) is 10.2 Å².